The highest BCUT2D eigenvalue weighted by Gasteiger charge is 2.26. The van der Waals surface area contributed by atoms with Crippen molar-refractivity contribution in [3.8, 4) is 28.7 Å². The van der Waals surface area contributed by atoms with Gasteiger partial charge in [-0.3, -0.25) is 9.47 Å². The van der Waals surface area contributed by atoms with E-state index < -0.39 is 5.97 Å². The van der Waals surface area contributed by atoms with Crippen molar-refractivity contribution in [2.45, 2.75) is 13.0 Å². The SMILES string of the molecule is CC(=O)Oc1ccc2c(c1)/c(=C/c1ccc(O)c(O)c1)c1n2N(C)C(c2ccc(O)c(O)c2)C=1. The lowest BCUT2D eigenvalue weighted by molar-refractivity contribution is -0.131. The average molecular weight is 458 g/mol. The molecule has 3 aromatic carbocycles. The third-order valence-electron chi connectivity index (χ3n) is 5.94. The van der Waals surface area contributed by atoms with Crippen molar-refractivity contribution >= 4 is 29.0 Å². The van der Waals surface area contributed by atoms with Crippen molar-refractivity contribution in [3.63, 3.8) is 0 Å². The van der Waals surface area contributed by atoms with E-state index in [0.29, 0.717) is 11.3 Å². The number of fused-ring (bicyclic) bond motifs is 3. The maximum Gasteiger partial charge on any atom is 0.308 e. The number of rotatable bonds is 3. The maximum atomic E-state index is 11.5. The second kappa shape index (κ2) is 7.77. The molecule has 1 atom stereocenters. The minimum absolute atomic E-state index is 0.186. The summed E-state index contributed by atoms with van der Waals surface area (Å²) < 4.78 is 7.32. The topological polar surface area (TPSA) is 115 Å². The number of carbonyl (C=O) groups excluding carboxylic acids is 1. The number of ether oxygens (including phenoxy) is 1. The molecule has 2 heterocycles. The number of phenolic OH excluding ortho intramolecular Hbond substituents is 4. The Kier molecular flexibility index (Phi) is 4.86. The molecule has 4 aromatic rings. The smallest absolute Gasteiger partial charge is 0.308 e. The zero-order valence-corrected chi connectivity index (χ0v) is 18.4. The van der Waals surface area contributed by atoms with Gasteiger partial charge in [-0.1, -0.05) is 12.1 Å². The van der Waals surface area contributed by atoms with Crippen LogP contribution < -0.4 is 20.3 Å². The Labute approximate surface area is 194 Å². The number of nitrogens with zero attached hydrogens (tertiary/aromatic N) is 2. The Hall–Kier alpha value is -4.59. The fourth-order valence-electron chi connectivity index (χ4n) is 4.39. The Morgan fingerprint density at radius 1 is 0.912 bits per heavy atom. The van der Waals surface area contributed by atoms with Crippen LogP contribution in [-0.4, -0.2) is 38.1 Å². The summed E-state index contributed by atoms with van der Waals surface area (Å²) in [6, 6.07) is 14.5. The first-order chi connectivity index (χ1) is 16.2. The van der Waals surface area contributed by atoms with Crippen molar-refractivity contribution in [1.29, 1.82) is 0 Å². The Bertz CT molecular complexity index is 1590. The van der Waals surface area contributed by atoms with Crippen LogP contribution >= 0.6 is 0 Å². The summed E-state index contributed by atoms with van der Waals surface area (Å²) >= 11 is 0. The Morgan fingerprint density at radius 2 is 1.62 bits per heavy atom. The lowest BCUT2D eigenvalue weighted by atomic mass is 10.0. The molecule has 0 bridgehead atoms. The molecule has 1 aromatic heterocycles. The standard InChI is InChI=1S/C26H22N2O6/c1-14(29)34-17-5-6-20-19(12-17)18(9-15-3-7-23(30)25(32)10-15)22-13-21(27(2)28(20)22)16-4-8-24(31)26(33)11-16/h3-13,21,30-33H,1-2H3/b18-9-. The molecule has 0 saturated carbocycles. The first-order valence-electron chi connectivity index (χ1n) is 10.6. The maximum absolute atomic E-state index is 11.5. The molecule has 0 aliphatic carbocycles. The summed E-state index contributed by atoms with van der Waals surface area (Å²) in [6.07, 6.45) is 3.91. The van der Waals surface area contributed by atoms with Gasteiger partial charge in [-0.2, -0.15) is 0 Å². The van der Waals surface area contributed by atoms with E-state index >= 15 is 0 Å². The second-order valence-electron chi connectivity index (χ2n) is 8.21. The molecular weight excluding hydrogens is 436 g/mol. The minimum atomic E-state index is -0.420. The normalized spacial score (nSPS) is 15.4. The molecule has 0 amide bonds. The molecule has 4 N–H and O–H groups in total. The van der Waals surface area contributed by atoms with Gasteiger partial charge in [0.1, 0.15) is 5.75 Å². The third kappa shape index (κ3) is 3.45. The lowest BCUT2D eigenvalue weighted by Crippen LogP contribution is -2.35. The van der Waals surface area contributed by atoms with Crippen molar-refractivity contribution in [1.82, 2.24) is 4.68 Å². The zero-order chi connectivity index (χ0) is 24.1. The fraction of sp³-hybridized carbons (Fsp3) is 0.115. The number of hydrogen-bond donors (Lipinski definition) is 4. The number of benzene rings is 3. The van der Waals surface area contributed by atoms with Gasteiger partial charge in [-0.15, -0.1) is 0 Å². The van der Waals surface area contributed by atoms with E-state index in [1.54, 1.807) is 24.3 Å². The molecule has 5 rings (SSSR count). The van der Waals surface area contributed by atoms with Gasteiger partial charge in [-0.25, -0.2) is 0 Å². The predicted octanol–water partition coefficient (Wildman–Crippen LogP) is 2.32. The third-order valence-corrected chi connectivity index (χ3v) is 5.94. The van der Waals surface area contributed by atoms with Gasteiger partial charge in [0.15, 0.2) is 23.0 Å². The highest BCUT2D eigenvalue weighted by Crippen LogP contribution is 2.32. The highest BCUT2D eigenvalue weighted by molar-refractivity contribution is 5.86. The largest absolute Gasteiger partial charge is 0.504 e. The summed E-state index contributed by atoms with van der Waals surface area (Å²) in [4.78, 5) is 11.5. The Morgan fingerprint density at radius 3 is 2.29 bits per heavy atom. The second-order valence-corrected chi connectivity index (χ2v) is 8.21. The molecule has 0 radical (unpaired) electrons. The van der Waals surface area contributed by atoms with Gasteiger partial charge in [0.2, 0.25) is 0 Å². The van der Waals surface area contributed by atoms with Crippen molar-refractivity contribution in [2.75, 3.05) is 12.1 Å². The van der Waals surface area contributed by atoms with Gasteiger partial charge in [0.05, 0.1) is 16.9 Å². The summed E-state index contributed by atoms with van der Waals surface area (Å²) in [5.41, 5.74) is 2.33. The summed E-state index contributed by atoms with van der Waals surface area (Å²) in [7, 11) is 1.91. The molecule has 34 heavy (non-hydrogen) atoms. The summed E-state index contributed by atoms with van der Waals surface area (Å²) in [5.74, 6) is -0.828. The van der Waals surface area contributed by atoms with Gasteiger partial charge in [0, 0.05) is 24.6 Å². The van der Waals surface area contributed by atoms with Crippen LogP contribution in [0, 0.1) is 0 Å². The highest BCUT2D eigenvalue weighted by atomic mass is 16.5. The van der Waals surface area contributed by atoms with Crippen LogP contribution in [0.3, 0.4) is 0 Å². The van der Waals surface area contributed by atoms with E-state index in [-0.39, 0.29) is 29.0 Å². The molecule has 0 spiro atoms. The predicted molar refractivity (Wildman–Crippen MR) is 127 cm³/mol. The van der Waals surface area contributed by atoms with E-state index in [0.717, 1.165) is 27.0 Å². The van der Waals surface area contributed by atoms with Crippen molar-refractivity contribution in [2.24, 2.45) is 0 Å². The molecule has 1 aliphatic rings. The average Bonchev–Trinajstić information content (AvgIpc) is 3.27. The molecule has 1 aliphatic heterocycles. The molecule has 0 fully saturated rings. The fourth-order valence-corrected chi connectivity index (χ4v) is 4.39. The van der Waals surface area contributed by atoms with Gasteiger partial charge in [0.25, 0.3) is 0 Å². The zero-order valence-electron chi connectivity index (χ0n) is 18.4. The molecule has 0 saturated heterocycles. The quantitative estimate of drug-likeness (QED) is 0.212. The van der Waals surface area contributed by atoms with Crippen LogP contribution in [0.2, 0.25) is 0 Å². The molecule has 172 valence electrons. The van der Waals surface area contributed by atoms with Crippen LogP contribution in [-0.2, 0) is 4.79 Å². The van der Waals surface area contributed by atoms with E-state index in [2.05, 4.69) is 0 Å². The van der Waals surface area contributed by atoms with Crippen LogP contribution in [0.15, 0.2) is 54.6 Å². The first-order valence-corrected chi connectivity index (χ1v) is 10.6. The number of phenols is 4. The van der Waals surface area contributed by atoms with E-state index in [1.165, 1.54) is 31.2 Å². The van der Waals surface area contributed by atoms with Gasteiger partial charge in [-0.05, 0) is 65.7 Å². The Balaban J connectivity index is 1.78. The first kappa shape index (κ1) is 21.3. The molecular formula is C26H22N2O6. The van der Waals surface area contributed by atoms with Crippen LogP contribution in [0.1, 0.15) is 24.1 Å². The monoisotopic (exact) mass is 458 g/mol. The van der Waals surface area contributed by atoms with Crippen LogP contribution in [0.5, 0.6) is 28.7 Å². The summed E-state index contributed by atoms with van der Waals surface area (Å²) in [5, 5.41) is 43.9. The molecule has 8 nitrogen and oxygen atoms in total. The van der Waals surface area contributed by atoms with Crippen LogP contribution in [0.25, 0.3) is 23.1 Å². The number of aromatic nitrogens is 1. The van der Waals surface area contributed by atoms with Crippen molar-refractivity contribution in [3.05, 3.63) is 76.3 Å². The number of esters is 1. The van der Waals surface area contributed by atoms with E-state index in [4.69, 9.17) is 4.74 Å². The van der Waals surface area contributed by atoms with E-state index in [9.17, 15) is 25.2 Å². The van der Waals surface area contributed by atoms with E-state index in [1.807, 2.05) is 35.0 Å². The van der Waals surface area contributed by atoms with Crippen LogP contribution in [0.4, 0.5) is 0 Å². The number of carbonyl (C=O) groups is 1. The lowest BCUT2D eigenvalue weighted by Gasteiger charge is -2.25. The number of hydrogen-bond acceptors (Lipinski definition) is 7. The summed E-state index contributed by atoms with van der Waals surface area (Å²) in [6.45, 7) is 1.34. The molecule has 1 unspecified atom stereocenters. The number of aromatic hydroxyl groups is 4. The minimum Gasteiger partial charge on any atom is -0.504 e. The van der Waals surface area contributed by atoms with Crippen molar-refractivity contribution < 1.29 is 30.0 Å². The molecule has 8 heteroatoms. The van der Waals surface area contributed by atoms with Gasteiger partial charge < -0.3 is 30.2 Å². The van der Waals surface area contributed by atoms with Gasteiger partial charge >= 0.3 is 5.97 Å².